The molecule has 1 atom stereocenters. The molecule has 2 aromatic rings. The molecule has 1 aliphatic heterocycles. The molecule has 0 amide bonds. The fourth-order valence-corrected chi connectivity index (χ4v) is 3.34. The van der Waals surface area contributed by atoms with Crippen LogP contribution in [0.1, 0.15) is 18.4 Å². The summed E-state index contributed by atoms with van der Waals surface area (Å²) in [5.41, 5.74) is 0.750. The van der Waals surface area contributed by atoms with Gasteiger partial charge < -0.3 is 4.74 Å². The van der Waals surface area contributed by atoms with Crippen LogP contribution in [0.3, 0.4) is 0 Å². The summed E-state index contributed by atoms with van der Waals surface area (Å²) in [5, 5.41) is 17.7. The van der Waals surface area contributed by atoms with Crippen molar-refractivity contribution < 1.29 is 9.66 Å². The predicted octanol–water partition coefficient (Wildman–Crippen LogP) is 1.95. The number of nitrogens with one attached hydrogen (secondary N) is 1. The van der Waals surface area contributed by atoms with E-state index in [4.69, 9.17) is 4.74 Å². The SMILES string of the molecule is O=c1[nH]nc(SCc2ccc([N+](=O)[O-])cc2)n1C[C@H]1CCCO1. The topological polar surface area (TPSA) is 103 Å². The molecule has 2 heterocycles. The zero-order valence-corrected chi connectivity index (χ0v) is 13.1. The number of thioether (sulfide) groups is 1. The molecule has 8 nitrogen and oxygen atoms in total. The van der Waals surface area contributed by atoms with Crippen molar-refractivity contribution in [2.24, 2.45) is 0 Å². The van der Waals surface area contributed by atoms with Crippen LogP contribution in [0.5, 0.6) is 0 Å². The van der Waals surface area contributed by atoms with E-state index < -0.39 is 4.92 Å². The Hall–Kier alpha value is -2.13. The number of H-pyrrole nitrogens is 1. The number of rotatable bonds is 6. The highest BCUT2D eigenvalue weighted by Gasteiger charge is 2.19. The molecule has 9 heteroatoms. The Morgan fingerprint density at radius 2 is 2.22 bits per heavy atom. The first kappa shape index (κ1) is 15.8. The van der Waals surface area contributed by atoms with Crippen LogP contribution in [0.25, 0.3) is 0 Å². The van der Waals surface area contributed by atoms with Gasteiger partial charge in [-0.05, 0) is 18.4 Å². The molecule has 23 heavy (non-hydrogen) atoms. The molecular formula is C14H16N4O4S. The fourth-order valence-electron chi connectivity index (χ4n) is 2.43. The molecule has 1 aromatic carbocycles. The molecule has 0 saturated carbocycles. The highest BCUT2D eigenvalue weighted by Crippen LogP contribution is 2.22. The summed E-state index contributed by atoms with van der Waals surface area (Å²) in [7, 11) is 0. The van der Waals surface area contributed by atoms with E-state index in [1.165, 1.54) is 23.9 Å². The minimum atomic E-state index is -0.427. The van der Waals surface area contributed by atoms with Gasteiger partial charge in [0.25, 0.3) is 5.69 Å². The van der Waals surface area contributed by atoms with E-state index in [9.17, 15) is 14.9 Å². The summed E-state index contributed by atoms with van der Waals surface area (Å²) in [6.07, 6.45) is 2.02. The van der Waals surface area contributed by atoms with E-state index in [0.29, 0.717) is 17.5 Å². The number of benzene rings is 1. The van der Waals surface area contributed by atoms with Gasteiger partial charge in [0.2, 0.25) is 0 Å². The van der Waals surface area contributed by atoms with Gasteiger partial charge in [0.1, 0.15) is 0 Å². The van der Waals surface area contributed by atoms with Gasteiger partial charge in [0.15, 0.2) is 5.16 Å². The van der Waals surface area contributed by atoms with Crippen molar-refractivity contribution in [3.8, 4) is 0 Å². The van der Waals surface area contributed by atoms with Gasteiger partial charge in [-0.15, -0.1) is 5.10 Å². The molecule has 0 radical (unpaired) electrons. The standard InChI is InChI=1S/C14H16N4O4S/c19-13-15-16-14(17(13)8-12-2-1-7-22-12)23-9-10-3-5-11(6-4-10)18(20)21/h3-6,12H,1-2,7-9H2,(H,15,19)/t12-/m1/s1. The van der Waals surface area contributed by atoms with Crippen LogP contribution in [0.4, 0.5) is 5.69 Å². The summed E-state index contributed by atoms with van der Waals surface area (Å²) in [5.74, 6) is 0.577. The van der Waals surface area contributed by atoms with Crippen molar-refractivity contribution in [3.63, 3.8) is 0 Å². The van der Waals surface area contributed by atoms with E-state index in [2.05, 4.69) is 10.2 Å². The van der Waals surface area contributed by atoms with Crippen LogP contribution in [-0.4, -0.2) is 32.4 Å². The smallest absolute Gasteiger partial charge is 0.344 e. The number of aromatic amines is 1. The summed E-state index contributed by atoms with van der Waals surface area (Å²) in [6, 6.07) is 6.36. The third-order valence-corrected chi connectivity index (χ3v) is 4.70. The number of nitrogens with zero attached hydrogens (tertiary/aromatic N) is 3. The number of non-ortho nitro benzene ring substituents is 1. The summed E-state index contributed by atoms with van der Waals surface area (Å²) in [6.45, 7) is 1.24. The zero-order valence-electron chi connectivity index (χ0n) is 12.3. The maximum absolute atomic E-state index is 11.9. The lowest BCUT2D eigenvalue weighted by molar-refractivity contribution is -0.384. The number of aromatic nitrogens is 3. The lowest BCUT2D eigenvalue weighted by Crippen LogP contribution is -2.24. The molecule has 0 spiro atoms. The van der Waals surface area contributed by atoms with Crippen LogP contribution in [0, 0.1) is 10.1 Å². The lowest BCUT2D eigenvalue weighted by atomic mass is 10.2. The summed E-state index contributed by atoms with van der Waals surface area (Å²) < 4.78 is 7.15. The second-order valence-electron chi connectivity index (χ2n) is 5.27. The third-order valence-electron chi connectivity index (χ3n) is 3.65. The Morgan fingerprint density at radius 1 is 1.43 bits per heavy atom. The highest BCUT2D eigenvalue weighted by molar-refractivity contribution is 7.98. The molecule has 122 valence electrons. The monoisotopic (exact) mass is 336 g/mol. The largest absolute Gasteiger partial charge is 0.376 e. The Bertz CT molecular complexity index is 734. The van der Waals surface area contributed by atoms with Crippen molar-refractivity contribution in [1.29, 1.82) is 0 Å². The Labute approximate surface area is 136 Å². The molecule has 0 unspecified atom stereocenters. The maximum atomic E-state index is 11.9. The molecule has 0 bridgehead atoms. The molecule has 3 rings (SSSR count). The minimum absolute atomic E-state index is 0.0593. The minimum Gasteiger partial charge on any atom is -0.376 e. The van der Waals surface area contributed by atoms with Crippen LogP contribution < -0.4 is 5.69 Å². The first-order chi connectivity index (χ1) is 11.1. The second kappa shape index (κ2) is 6.97. The number of ether oxygens (including phenoxy) is 1. The van der Waals surface area contributed by atoms with Gasteiger partial charge in [0.05, 0.1) is 17.6 Å². The second-order valence-corrected chi connectivity index (χ2v) is 6.21. The van der Waals surface area contributed by atoms with Crippen molar-refractivity contribution in [1.82, 2.24) is 14.8 Å². The predicted molar refractivity (Wildman–Crippen MR) is 84.5 cm³/mol. The van der Waals surface area contributed by atoms with E-state index in [0.717, 1.165) is 25.0 Å². The number of nitro benzene ring substituents is 1. The molecule has 1 aromatic heterocycles. The highest BCUT2D eigenvalue weighted by atomic mass is 32.2. The van der Waals surface area contributed by atoms with Crippen molar-refractivity contribution in [3.05, 3.63) is 50.4 Å². The maximum Gasteiger partial charge on any atom is 0.344 e. The third kappa shape index (κ3) is 3.80. The zero-order chi connectivity index (χ0) is 16.2. The van der Waals surface area contributed by atoms with Gasteiger partial charge in [-0.2, -0.15) is 0 Å². The molecule has 1 saturated heterocycles. The van der Waals surface area contributed by atoms with Crippen LogP contribution >= 0.6 is 11.8 Å². The molecule has 1 fully saturated rings. The van der Waals surface area contributed by atoms with E-state index in [1.54, 1.807) is 16.7 Å². The van der Waals surface area contributed by atoms with Gasteiger partial charge in [-0.3, -0.25) is 14.7 Å². The molecule has 1 N–H and O–H groups in total. The number of nitro groups is 1. The van der Waals surface area contributed by atoms with E-state index in [-0.39, 0.29) is 17.5 Å². The van der Waals surface area contributed by atoms with Gasteiger partial charge >= 0.3 is 5.69 Å². The quantitative estimate of drug-likeness (QED) is 0.491. The van der Waals surface area contributed by atoms with Gasteiger partial charge in [0, 0.05) is 24.5 Å². The molecular weight excluding hydrogens is 320 g/mol. The van der Waals surface area contributed by atoms with E-state index >= 15 is 0 Å². The average Bonchev–Trinajstić information content (AvgIpc) is 3.18. The van der Waals surface area contributed by atoms with Crippen LogP contribution in [0.15, 0.2) is 34.2 Å². The van der Waals surface area contributed by atoms with Crippen LogP contribution in [-0.2, 0) is 17.0 Å². The number of hydrogen-bond donors (Lipinski definition) is 1. The Kier molecular flexibility index (Phi) is 4.77. The molecule has 1 aliphatic rings. The summed E-state index contributed by atoms with van der Waals surface area (Å²) >= 11 is 1.41. The van der Waals surface area contributed by atoms with Gasteiger partial charge in [-0.25, -0.2) is 9.89 Å². The number of hydrogen-bond acceptors (Lipinski definition) is 6. The average molecular weight is 336 g/mol. The summed E-state index contributed by atoms with van der Waals surface area (Å²) in [4.78, 5) is 22.1. The first-order valence-electron chi connectivity index (χ1n) is 7.26. The fraction of sp³-hybridized carbons (Fsp3) is 0.429. The van der Waals surface area contributed by atoms with Crippen molar-refractivity contribution in [2.75, 3.05) is 6.61 Å². The Morgan fingerprint density at radius 3 is 2.87 bits per heavy atom. The first-order valence-corrected chi connectivity index (χ1v) is 8.25. The normalized spacial score (nSPS) is 17.5. The van der Waals surface area contributed by atoms with Crippen LogP contribution in [0.2, 0.25) is 0 Å². The Balaban J connectivity index is 1.65. The lowest BCUT2D eigenvalue weighted by Gasteiger charge is -2.10. The van der Waals surface area contributed by atoms with E-state index in [1.807, 2.05) is 0 Å². The van der Waals surface area contributed by atoms with Gasteiger partial charge in [-0.1, -0.05) is 23.9 Å². The molecule has 0 aliphatic carbocycles. The van der Waals surface area contributed by atoms with Crippen molar-refractivity contribution >= 4 is 17.4 Å². The van der Waals surface area contributed by atoms with Crippen molar-refractivity contribution in [2.45, 2.75) is 36.4 Å².